The van der Waals surface area contributed by atoms with Crippen LogP contribution in [0.4, 0.5) is 4.39 Å². The molecule has 0 bridgehead atoms. The van der Waals surface area contributed by atoms with Crippen LogP contribution in [0.2, 0.25) is 0 Å². The van der Waals surface area contributed by atoms with Crippen LogP contribution in [-0.2, 0) is 4.79 Å². The monoisotopic (exact) mass is 346 g/mol. The van der Waals surface area contributed by atoms with Crippen molar-refractivity contribution in [3.05, 3.63) is 59.9 Å². The number of rotatable bonds is 8. The first kappa shape index (κ1) is 18.3. The molecular formula is C18H19FN2O4. The molecule has 0 fully saturated rings. The SMILES string of the molecule is CN(CCOc1ccccc1F)C(=O)COc1cccc(C(N)=O)c1. The van der Waals surface area contributed by atoms with Crippen molar-refractivity contribution in [3.8, 4) is 11.5 Å². The molecule has 6 nitrogen and oxygen atoms in total. The van der Waals surface area contributed by atoms with E-state index in [2.05, 4.69) is 0 Å². The number of primary amides is 1. The van der Waals surface area contributed by atoms with Gasteiger partial charge in [-0.3, -0.25) is 9.59 Å². The molecule has 0 heterocycles. The van der Waals surface area contributed by atoms with Crippen LogP contribution in [0, 0.1) is 5.82 Å². The zero-order valence-corrected chi connectivity index (χ0v) is 13.8. The average Bonchev–Trinajstić information content (AvgIpc) is 2.61. The first-order chi connectivity index (χ1) is 12.0. The van der Waals surface area contributed by atoms with E-state index in [4.69, 9.17) is 15.2 Å². The molecule has 0 saturated heterocycles. The van der Waals surface area contributed by atoms with Crippen LogP contribution in [0.1, 0.15) is 10.4 Å². The maximum absolute atomic E-state index is 13.4. The highest BCUT2D eigenvalue weighted by Crippen LogP contribution is 2.15. The lowest BCUT2D eigenvalue weighted by atomic mass is 10.2. The maximum Gasteiger partial charge on any atom is 0.260 e. The fourth-order valence-corrected chi connectivity index (χ4v) is 1.97. The van der Waals surface area contributed by atoms with Crippen LogP contribution in [0.3, 0.4) is 0 Å². The minimum atomic E-state index is -0.570. The second kappa shape index (κ2) is 8.68. The van der Waals surface area contributed by atoms with E-state index in [1.54, 1.807) is 37.4 Å². The van der Waals surface area contributed by atoms with Crippen molar-refractivity contribution >= 4 is 11.8 Å². The number of para-hydroxylation sites is 1. The van der Waals surface area contributed by atoms with Crippen molar-refractivity contribution < 1.29 is 23.5 Å². The van der Waals surface area contributed by atoms with E-state index in [-0.39, 0.29) is 31.4 Å². The molecule has 2 rings (SSSR count). The summed E-state index contributed by atoms with van der Waals surface area (Å²) in [6, 6.07) is 12.3. The number of ether oxygens (including phenoxy) is 2. The summed E-state index contributed by atoms with van der Waals surface area (Å²) in [6.07, 6.45) is 0. The van der Waals surface area contributed by atoms with Gasteiger partial charge in [-0.15, -0.1) is 0 Å². The van der Waals surface area contributed by atoms with Gasteiger partial charge in [0, 0.05) is 12.6 Å². The number of nitrogens with zero attached hydrogens (tertiary/aromatic N) is 1. The van der Waals surface area contributed by atoms with Gasteiger partial charge in [-0.2, -0.15) is 0 Å². The van der Waals surface area contributed by atoms with E-state index in [1.165, 1.54) is 23.1 Å². The van der Waals surface area contributed by atoms with Crippen LogP contribution in [-0.4, -0.2) is 43.5 Å². The summed E-state index contributed by atoms with van der Waals surface area (Å²) in [4.78, 5) is 24.5. The summed E-state index contributed by atoms with van der Waals surface area (Å²) in [6.45, 7) is 0.233. The van der Waals surface area contributed by atoms with E-state index in [9.17, 15) is 14.0 Å². The lowest BCUT2D eigenvalue weighted by Gasteiger charge is -2.18. The number of hydrogen-bond donors (Lipinski definition) is 1. The van der Waals surface area contributed by atoms with E-state index in [0.29, 0.717) is 11.3 Å². The Hall–Kier alpha value is -3.09. The van der Waals surface area contributed by atoms with Gasteiger partial charge < -0.3 is 20.1 Å². The van der Waals surface area contributed by atoms with Crippen molar-refractivity contribution in [1.82, 2.24) is 4.90 Å². The highest BCUT2D eigenvalue weighted by atomic mass is 19.1. The molecule has 0 radical (unpaired) electrons. The third kappa shape index (κ3) is 5.49. The summed E-state index contributed by atoms with van der Waals surface area (Å²) < 4.78 is 24.1. The second-order valence-electron chi connectivity index (χ2n) is 5.27. The number of likely N-dealkylation sites (N-methyl/N-ethyl adjacent to an activating group) is 1. The minimum Gasteiger partial charge on any atom is -0.489 e. The predicted molar refractivity (Wildman–Crippen MR) is 90.0 cm³/mol. The number of hydrogen-bond acceptors (Lipinski definition) is 4. The summed E-state index contributed by atoms with van der Waals surface area (Å²) in [5.74, 6) is -0.779. The molecule has 2 aromatic rings. The lowest BCUT2D eigenvalue weighted by molar-refractivity contribution is -0.132. The Morgan fingerprint density at radius 1 is 1.12 bits per heavy atom. The smallest absolute Gasteiger partial charge is 0.260 e. The third-order valence-corrected chi connectivity index (χ3v) is 3.43. The molecule has 0 saturated carbocycles. The molecule has 0 aromatic heterocycles. The molecule has 2 aromatic carbocycles. The Kier molecular flexibility index (Phi) is 6.33. The summed E-state index contributed by atoms with van der Waals surface area (Å²) in [5, 5.41) is 0. The fraction of sp³-hybridized carbons (Fsp3) is 0.222. The highest BCUT2D eigenvalue weighted by molar-refractivity contribution is 5.93. The van der Waals surface area contributed by atoms with Crippen LogP contribution in [0.5, 0.6) is 11.5 Å². The van der Waals surface area contributed by atoms with Gasteiger partial charge in [0.15, 0.2) is 18.2 Å². The highest BCUT2D eigenvalue weighted by Gasteiger charge is 2.11. The summed E-state index contributed by atoms with van der Waals surface area (Å²) in [5.41, 5.74) is 5.49. The molecule has 0 unspecified atom stereocenters. The van der Waals surface area contributed by atoms with Crippen molar-refractivity contribution in [2.45, 2.75) is 0 Å². The molecule has 0 aliphatic rings. The van der Waals surface area contributed by atoms with Crippen LogP contribution < -0.4 is 15.2 Å². The largest absolute Gasteiger partial charge is 0.489 e. The van der Waals surface area contributed by atoms with Gasteiger partial charge in [0.2, 0.25) is 5.91 Å². The Labute approximate surface area is 144 Å². The quantitative estimate of drug-likeness (QED) is 0.791. The van der Waals surface area contributed by atoms with Crippen molar-refractivity contribution in [3.63, 3.8) is 0 Å². The Bertz CT molecular complexity index is 751. The van der Waals surface area contributed by atoms with Gasteiger partial charge >= 0.3 is 0 Å². The van der Waals surface area contributed by atoms with Crippen LogP contribution in [0.15, 0.2) is 48.5 Å². The zero-order chi connectivity index (χ0) is 18.2. The van der Waals surface area contributed by atoms with Crippen molar-refractivity contribution in [2.24, 2.45) is 5.73 Å². The van der Waals surface area contributed by atoms with Gasteiger partial charge in [-0.25, -0.2) is 4.39 Å². The lowest BCUT2D eigenvalue weighted by Crippen LogP contribution is -2.34. The van der Waals surface area contributed by atoms with Gasteiger partial charge in [0.05, 0.1) is 6.54 Å². The number of carbonyl (C=O) groups excluding carboxylic acids is 2. The molecular weight excluding hydrogens is 327 g/mol. The zero-order valence-electron chi connectivity index (χ0n) is 13.8. The van der Waals surface area contributed by atoms with Gasteiger partial charge in [0.25, 0.3) is 5.91 Å². The van der Waals surface area contributed by atoms with Crippen LogP contribution >= 0.6 is 0 Å². The number of nitrogens with two attached hydrogens (primary N) is 1. The second-order valence-corrected chi connectivity index (χ2v) is 5.27. The number of halogens is 1. The third-order valence-electron chi connectivity index (χ3n) is 3.43. The molecule has 0 spiro atoms. The average molecular weight is 346 g/mol. The topological polar surface area (TPSA) is 81.9 Å². The molecule has 2 amide bonds. The Balaban J connectivity index is 1.77. The van der Waals surface area contributed by atoms with Gasteiger partial charge in [0.1, 0.15) is 12.4 Å². The number of amides is 2. The van der Waals surface area contributed by atoms with E-state index < -0.39 is 11.7 Å². The summed E-state index contributed by atoms with van der Waals surface area (Å²) in [7, 11) is 1.59. The standard InChI is InChI=1S/C18H19FN2O4/c1-21(9-10-24-16-8-3-2-7-15(16)19)17(22)12-25-14-6-4-5-13(11-14)18(20)23/h2-8,11H,9-10,12H2,1H3,(H2,20,23). The van der Waals surface area contributed by atoms with E-state index >= 15 is 0 Å². The molecule has 0 aliphatic heterocycles. The molecule has 2 N–H and O–H groups in total. The first-order valence-corrected chi connectivity index (χ1v) is 7.61. The van der Waals surface area contributed by atoms with E-state index in [0.717, 1.165) is 0 Å². The molecule has 0 atom stereocenters. The normalized spacial score (nSPS) is 10.2. The minimum absolute atomic E-state index is 0.142. The first-order valence-electron chi connectivity index (χ1n) is 7.61. The van der Waals surface area contributed by atoms with Gasteiger partial charge in [-0.1, -0.05) is 18.2 Å². The molecule has 132 valence electrons. The Morgan fingerprint density at radius 3 is 2.60 bits per heavy atom. The molecule has 0 aliphatic carbocycles. The number of benzene rings is 2. The van der Waals surface area contributed by atoms with E-state index in [1.807, 2.05) is 0 Å². The van der Waals surface area contributed by atoms with Gasteiger partial charge in [-0.05, 0) is 30.3 Å². The fourth-order valence-electron chi connectivity index (χ4n) is 1.97. The maximum atomic E-state index is 13.4. The Morgan fingerprint density at radius 2 is 1.88 bits per heavy atom. The van der Waals surface area contributed by atoms with Crippen LogP contribution in [0.25, 0.3) is 0 Å². The van der Waals surface area contributed by atoms with Crippen molar-refractivity contribution in [1.29, 1.82) is 0 Å². The molecule has 25 heavy (non-hydrogen) atoms. The predicted octanol–water partition coefficient (Wildman–Crippen LogP) is 1.84. The van der Waals surface area contributed by atoms with Crippen molar-refractivity contribution in [2.75, 3.05) is 26.8 Å². The number of carbonyl (C=O) groups is 2. The summed E-state index contributed by atoms with van der Waals surface area (Å²) >= 11 is 0. The molecule has 7 heteroatoms.